The molecule has 0 amide bonds. The lowest BCUT2D eigenvalue weighted by Crippen LogP contribution is -2.37. The first kappa shape index (κ1) is 11.3. The van der Waals surface area contributed by atoms with Gasteiger partial charge >= 0.3 is 5.97 Å². The Bertz CT molecular complexity index is 397. The normalized spacial score (nSPS) is 20.8. The van der Waals surface area contributed by atoms with E-state index in [0.29, 0.717) is 5.25 Å². The van der Waals surface area contributed by atoms with Crippen molar-refractivity contribution in [2.24, 2.45) is 0 Å². The lowest BCUT2D eigenvalue weighted by molar-refractivity contribution is 0.0690. The van der Waals surface area contributed by atoms with E-state index in [1.165, 1.54) is 6.07 Å². The zero-order valence-electron chi connectivity index (χ0n) is 9.09. The minimum atomic E-state index is -0.971. The predicted molar refractivity (Wildman–Crippen MR) is 65.3 cm³/mol. The van der Waals surface area contributed by atoms with E-state index in [1.54, 1.807) is 6.07 Å². The molecule has 1 aliphatic rings. The number of carbonyl (C=O) groups is 1. The Hall–Kier alpha value is -1.23. The van der Waals surface area contributed by atoms with Crippen LogP contribution < -0.4 is 4.90 Å². The third-order valence-electron chi connectivity index (χ3n) is 2.52. The van der Waals surface area contributed by atoms with Crippen LogP contribution in [0.2, 0.25) is 0 Å². The maximum absolute atomic E-state index is 10.8. The first-order valence-electron chi connectivity index (χ1n) is 5.23. The van der Waals surface area contributed by atoms with Gasteiger partial charge in [-0.1, -0.05) is 13.0 Å². The first-order valence-corrected chi connectivity index (χ1v) is 6.28. The molecule has 1 aromatic heterocycles. The summed E-state index contributed by atoms with van der Waals surface area (Å²) >= 11 is 1.94. The summed E-state index contributed by atoms with van der Waals surface area (Å²) in [5.74, 6) is 0.869. The van der Waals surface area contributed by atoms with Crippen molar-refractivity contribution in [1.29, 1.82) is 0 Å². The molecule has 1 aliphatic heterocycles. The molecule has 1 atom stereocenters. The van der Waals surface area contributed by atoms with Crippen LogP contribution in [0.1, 0.15) is 17.4 Å². The largest absolute Gasteiger partial charge is 0.477 e. The molecule has 86 valence electrons. The molecule has 0 bridgehead atoms. The van der Waals surface area contributed by atoms with Gasteiger partial charge in [-0.3, -0.25) is 0 Å². The number of rotatable bonds is 2. The maximum atomic E-state index is 10.8. The Balaban J connectivity index is 2.19. The summed E-state index contributed by atoms with van der Waals surface area (Å²) in [7, 11) is 0. The molecular formula is C11H14N2O2S. The number of thioether (sulfide) groups is 1. The first-order chi connectivity index (χ1) is 7.66. The van der Waals surface area contributed by atoms with Crippen LogP contribution in [-0.2, 0) is 0 Å². The van der Waals surface area contributed by atoms with Gasteiger partial charge in [0.25, 0.3) is 0 Å². The summed E-state index contributed by atoms with van der Waals surface area (Å²) in [6.45, 7) is 4.05. The second-order valence-electron chi connectivity index (χ2n) is 3.81. The van der Waals surface area contributed by atoms with Gasteiger partial charge in [-0.25, -0.2) is 9.78 Å². The van der Waals surface area contributed by atoms with Gasteiger partial charge in [-0.15, -0.1) is 0 Å². The fraction of sp³-hybridized carbons (Fsp3) is 0.455. The van der Waals surface area contributed by atoms with Crippen LogP contribution in [0.5, 0.6) is 0 Å². The third-order valence-corrected chi connectivity index (χ3v) is 3.65. The lowest BCUT2D eigenvalue weighted by atomic mass is 10.3. The highest BCUT2D eigenvalue weighted by atomic mass is 32.2. The van der Waals surface area contributed by atoms with Crippen LogP contribution in [0.3, 0.4) is 0 Å². The zero-order chi connectivity index (χ0) is 11.5. The number of hydrogen-bond donors (Lipinski definition) is 1. The summed E-state index contributed by atoms with van der Waals surface area (Å²) in [5.41, 5.74) is 0.114. The van der Waals surface area contributed by atoms with E-state index in [4.69, 9.17) is 5.11 Å². The number of hydrogen-bond acceptors (Lipinski definition) is 4. The highest BCUT2D eigenvalue weighted by Crippen LogP contribution is 2.22. The molecule has 1 N–H and O–H groups in total. The van der Waals surface area contributed by atoms with Crippen molar-refractivity contribution in [1.82, 2.24) is 4.98 Å². The summed E-state index contributed by atoms with van der Waals surface area (Å²) < 4.78 is 0. The van der Waals surface area contributed by atoms with Gasteiger partial charge in [0, 0.05) is 24.1 Å². The molecular weight excluding hydrogens is 224 g/mol. The molecule has 0 aliphatic carbocycles. The topological polar surface area (TPSA) is 53.4 Å². The number of aromatic carboxylic acids is 1. The van der Waals surface area contributed by atoms with E-state index in [2.05, 4.69) is 16.8 Å². The molecule has 0 saturated carbocycles. The van der Waals surface area contributed by atoms with E-state index >= 15 is 0 Å². The molecule has 4 nitrogen and oxygen atoms in total. The van der Waals surface area contributed by atoms with Crippen LogP contribution in [0, 0.1) is 0 Å². The van der Waals surface area contributed by atoms with Gasteiger partial charge in [0.2, 0.25) is 0 Å². The number of nitrogens with zero attached hydrogens (tertiary/aromatic N) is 2. The zero-order valence-corrected chi connectivity index (χ0v) is 9.91. The number of pyridine rings is 1. The van der Waals surface area contributed by atoms with E-state index in [0.717, 1.165) is 24.7 Å². The summed E-state index contributed by atoms with van der Waals surface area (Å²) in [6.07, 6.45) is 0. The van der Waals surface area contributed by atoms with Gasteiger partial charge < -0.3 is 10.0 Å². The highest BCUT2D eigenvalue weighted by molar-refractivity contribution is 8.00. The van der Waals surface area contributed by atoms with E-state index in [9.17, 15) is 4.79 Å². The summed E-state index contributed by atoms with van der Waals surface area (Å²) in [4.78, 5) is 17.1. The highest BCUT2D eigenvalue weighted by Gasteiger charge is 2.18. The minimum Gasteiger partial charge on any atom is -0.477 e. The number of aromatic nitrogens is 1. The quantitative estimate of drug-likeness (QED) is 0.850. The molecule has 0 radical (unpaired) electrons. The Morgan fingerprint density at radius 2 is 2.44 bits per heavy atom. The third kappa shape index (κ3) is 2.47. The van der Waals surface area contributed by atoms with Crippen molar-refractivity contribution in [3.63, 3.8) is 0 Å². The molecule has 1 saturated heterocycles. The molecule has 2 rings (SSSR count). The maximum Gasteiger partial charge on any atom is 0.354 e. The van der Waals surface area contributed by atoms with Crippen LogP contribution in [0.25, 0.3) is 0 Å². The van der Waals surface area contributed by atoms with Crippen molar-refractivity contribution >= 4 is 23.5 Å². The van der Waals surface area contributed by atoms with Gasteiger partial charge in [-0.2, -0.15) is 11.8 Å². The molecule has 2 heterocycles. The molecule has 1 fully saturated rings. The van der Waals surface area contributed by atoms with E-state index < -0.39 is 5.97 Å². The molecule has 5 heteroatoms. The van der Waals surface area contributed by atoms with Crippen molar-refractivity contribution in [2.75, 3.05) is 23.7 Å². The Morgan fingerprint density at radius 1 is 1.62 bits per heavy atom. The van der Waals surface area contributed by atoms with E-state index in [-0.39, 0.29) is 5.69 Å². The molecule has 16 heavy (non-hydrogen) atoms. The van der Waals surface area contributed by atoms with Crippen molar-refractivity contribution < 1.29 is 9.90 Å². The lowest BCUT2D eigenvalue weighted by Gasteiger charge is -2.31. The fourth-order valence-corrected chi connectivity index (χ4v) is 2.76. The number of carboxylic acid groups (broad SMARTS) is 1. The van der Waals surface area contributed by atoms with Crippen molar-refractivity contribution in [3.8, 4) is 0 Å². The van der Waals surface area contributed by atoms with Gasteiger partial charge in [-0.05, 0) is 12.1 Å². The Kier molecular flexibility index (Phi) is 3.33. The number of carboxylic acids is 1. The monoisotopic (exact) mass is 238 g/mol. The average Bonchev–Trinajstić information content (AvgIpc) is 2.29. The van der Waals surface area contributed by atoms with Crippen molar-refractivity contribution in [3.05, 3.63) is 23.9 Å². The summed E-state index contributed by atoms with van der Waals surface area (Å²) in [6, 6.07) is 5.14. The fourth-order valence-electron chi connectivity index (χ4n) is 1.75. The second-order valence-corrected chi connectivity index (χ2v) is 5.36. The van der Waals surface area contributed by atoms with Crippen LogP contribution >= 0.6 is 11.8 Å². The van der Waals surface area contributed by atoms with Gasteiger partial charge in [0.05, 0.1) is 0 Å². The standard InChI is InChI=1S/C11H14N2O2S/c1-8-7-13(5-6-16-8)10-4-2-3-9(12-10)11(14)15/h2-4,8H,5-7H2,1H3,(H,14,15). The van der Waals surface area contributed by atoms with E-state index in [1.807, 2.05) is 17.8 Å². The van der Waals surface area contributed by atoms with Crippen LogP contribution in [0.4, 0.5) is 5.82 Å². The molecule has 0 aromatic carbocycles. The molecule has 1 unspecified atom stereocenters. The molecule has 0 spiro atoms. The second kappa shape index (κ2) is 4.74. The Labute approximate surface area is 98.7 Å². The minimum absolute atomic E-state index is 0.114. The Morgan fingerprint density at radius 3 is 3.12 bits per heavy atom. The predicted octanol–water partition coefficient (Wildman–Crippen LogP) is 1.72. The average molecular weight is 238 g/mol. The number of anilines is 1. The van der Waals surface area contributed by atoms with Gasteiger partial charge in [0.1, 0.15) is 5.82 Å². The van der Waals surface area contributed by atoms with Crippen molar-refractivity contribution in [2.45, 2.75) is 12.2 Å². The molecule has 1 aromatic rings. The van der Waals surface area contributed by atoms with Gasteiger partial charge in [0.15, 0.2) is 5.69 Å². The van der Waals surface area contributed by atoms with Crippen LogP contribution in [0.15, 0.2) is 18.2 Å². The summed E-state index contributed by atoms with van der Waals surface area (Å²) in [5, 5.41) is 9.45. The SMILES string of the molecule is CC1CN(c2cccc(C(=O)O)n2)CCS1. The smallest absolute Gasteiger partial charge is 0.354 e. The van der Waals surface area contributed by atoms with Crippen LogP contribution in [-0.4, -0.2) is 40.2 Å².